The highest BCUT2D eigenvalue weighted by atomic mass is 16.2. The fourth-order valence-corrected chi connectivity index (χ4v) is 3.22. The predicted molar refractivity (Wildman–Crippen MR) is 79.2 cm³/mol. The molecule has 2 heterocycles. The summed E-state index contributed by atoms with van der Waals surface area (Å²) < 4.78 is 0. The van der Waals surface area contributed by atoms with Crippen LogP contribution in [-0.2, 0) is 4.79 Å². The summed E-state index contributed by atoms with van der Waals surface area (Å²) in [6.07, 6.45) is 5.05. The van der Waals surface area contributed by atoms with Crippen molar-refractivity contribution in [2.75, 3.05) is 23.3 Å². The van der Waals surface area contributed by atoms with Gasteiger partial charge in [-0.15, -0.1) is 0 Å². The summed E-state index contributed by atoms with van der Waals surface area (Å²) in [7, 11) is 0. The van der Waals surface area contributed by atoms with E-state index >= 15 is 0 Å². The number of amides is 1. The Balaban J connectivity index is 1.72. The van der Waals surface area contributed by atoms with Crippen LogP contribution in [0.4, 0.5) is 11.4 Å². The van der Waals surface area contributed by atoms with Gasteiger partial charge in [0.15, 0.2) is 0 Å². The van der Waals surface area contributed by atoms with Crippen molar-refractivity contribution in [1.29, 1.82) is 0 Å². The molecule has 1 aromatic carbocycles. The fraction of sp³-hybridized carbons (Fsp3) is 0.500. The maximum absolute atomic E-state index is 11.6. The van der Waals surface area contributed by atoms with Crippen LogP contribution in [-0.4, -0.2) is 24.8 Å². The zero-order valence-electron chi connectivity index (χ0n) is 11.8. The van der Waals surface area contributed by atoms with E-state index in [0.717, 1.165) is 24.7 Å². The van der Waals surface area contributed by atoms with Gasteiger partial charge in [0.1, 0.15) is 0 Å². The number of hydrogen-bond donors (Lipinski definition) is 1. The molecule has 4 nitrogen and oxygen atoms in total. The summed E-state index contributed by atoms with van der Waals surface area (Å²) in [5.74, 6) is -0.0843. The molecule has 0 aliphatic carbocycles. The van der Waals surface area contributed by atoms with Crippen molar-refractivity contribution in [3.8, 4) is 0 Å². The van der Waals surface area contributed by atoms with Gasteiger partial charge in [0.2, 0.25) is 0 Å². The van der Waals surface area contributed by atoms with Crippen LogP contribution in [0.3, 0.4) is 0 Å². The Hall–Kier alpha value is -1.84. The molecule has 20 heavy (non-hydrogen) atoms. The first-order valence-corrected chi connectivity index (χ1v) is 7.43. The Morgan fingerprint density at radius 3 is 2.70 bits per heavy atom. The molecule has 2 aliphatic heterocycles. The van der Waals surface area contributed by atoms with E-state index in [1.54, 1.807) is 6.07 Å². The molecule has 106 valence electrons. The monoisotopic (exact) mass is 272 g/mol. The first kappa shape index (κ1) is 13.2. The number of rotatable bonds is 3. The smallest absolute Gasteiger partial charge is 0.296 e. The number of fused-ring (bicyclic) bond motifs is 1. The Morgan fingerprint density at radius 1 is 1.25 bits per heavy atom. The molecule has 2 aliphatic rings. The van der Waals surface area contributed by atoms with E-state index in [0.29, 0.717) is 11.3 Å². The van der Waals surface area contributed by atoms with Crippen LogP contribution in [0.5, 0.6) is 0 Å². The summed E-state index contributed by atoms with van der Waals surface area (Å²) in [6.45, 7) is 4.36. The average Bonchev–Trinajstić information content (AvgIpc) is 2.75. The second kappa shape index (κ2) is 5.27. The molecule has 0 unspecified atom stereocenters. The van der Waals surface area contributed by atoms with Gasteiger partial charge in [0.05, 0.1) is 11.3 Å². The molecule has 0 radical (unpaired) electrons. The second-order valence-corrected chi connectivity index (χ2v) is 5.73. The molecule has 1 aromatic rings. The van der Waals surface area contributed by atoms with Crippen molar-refractivity contribution >= 4 is 23.1 Å². The van der Waals surface area contributed by atoms with E-state index in [4.69, 9.17) is 0 Å². The van der Waals surface area contributed by atoms with E-state index < -0.39 is 11.7 Å². The molecule has 3 rings (SSSR count). The van der Waals surface area contributed by atoms with E-state index in [9.17, 15) is 9.59 Å². The minimum absolute atomic E-state index is 0.423. The van der Waals surface area contributed by atoms with Crippen LogP contribution >= 0.6 is 0 Å². The molecule has 1 fully saturated rings. The highest BCUT2D eigenvalue weighted by molar-refractivity contribution is 6.51. The van der Waals surface area contributed by atoms with Gasteiger partial charge in [-0.3, -0.25) is 9.59 Å². The lowest BCUT2D eigenvalue weighted by atomic mass is 9.92. The molecular formula is C16H20N2O2. The van der Waals surface area contributed by atoms with Crippen molar-refractivity contribution in [3.05, 3.63) is 23.8 Å². The van der Waals surface area contributed by atoms with Crippen molar-refractivity contribution in [2.45, 2.75) is 32.6 Å². The zero-order valence-corrected chi connectivity index (χ0v) is 11.8. The maximum Gasteiger partial charge on any atom is 0.296 e. The van der Waals surface area contributed by atoms with Crippen LogP contribution in [0.15, 0.2) is 18.2 Å². The van der Waals surface area contributed by atoms with Crippen molar-refractivity contribution in [2.24, 2.45) is 5.92 Å². The van der Waals surface area contributed by atoms with Crippen LogP contribution in [0, 0.1) is 5.92 Å². The third kappa shape index (κ3) is 2.30. The highest BCUT2D eigenvalue weighted by Gasteiger charge is 2.28. The number of anilines is 2. The lowest BCUT2D eigenvalue weighted by molar-refractivity contribution is -0.112. The normalized spacial score (nSPS) is 19.1. The largest absolute Gasteiger partial charge is 0.371 e. The summed E-state index contributed by atoms with van der Waals surface area (Å²) in [4.78, 5) is 25.3. The molecule has 4 heteroatoms. The highest BCUT2D eigenvalue weighted by Crippen LogP contribution is 2.31. The van der Waals surface area contributed by atoms with Gasteiger partial charge in [-0.25, -0.2) is 0 Å². The Kier molecular flexibility index (Phi) is 3.47. The minimum atomic E-state index is -0.515. The third-order valence-electron chi connectivity index (χ3n) is 4.38. The quantitative estimate of drug-likeness (QED) is 0.861. The SMILES string of the molecule is CCCC1CCN(c2ccc3c(c2)NC(=O)C3=O)CC1. The zero-order chi connectivity index (χ0) is 14.1. The summed E-state index contributed by atoms with van der Waals surface area (Å²) >= 11 is 0. The molecule has 0 bridgehead atoms. The lowest BCUT2D eigenvalue weighted by Gasteiger charge is -2.33. The minimum Gasteiger partial charge on any atom is -0.371 e. The Morgan fingerprint density at radius 2 is 2.00 bits per heavy atom. The number of nitrogens with zero attached hydrogens (tertiary/aromatic N) is 1. The first-order valence-electron chi connectivity index (χ1n) is 7.43. The standard InChI is InChI=1S/C16H20N2O2/c1-2-3-11-6-8-18(9-7-11)12-4-5-13-14(10-12)17-16(20)15(13)19/h4-5,10-11H,2-3,6-9H2,1H3,(H,17,19,20). The molecule has 1 N–H and O–H groups in total. The van der Waals surface area contributed by atoms with Gasteiger partial charge in [-0.2, -0.15) is 0 Å². The maximum atomic E-state index is 11.6. The van der Waals surface area contributed by atoms with Crippen LogP contribution in [0.25, 0.3) is 0 Å². The first-order chi connectivity index (χ1) is 9.69. The number of piperidine rings is 1. The number of ketones is 1. The third-order valence-corrected chi connectivity index (χ3v) is 4.38. The number of hydrogen-bond acceptors (Lipinski definition) is 3. The summed E-state index contributed by atoms with van der Waals surface area (Å²) in [5, 5.41) is 2.64. The number of Topliss-reactive ketones (excluding diaryl/α,β-unsaturated/α-hetero) is 1. The van der Waals surface area contributed by atoms with Crippen LogP contribution in [0.2, 0.25) is 0 Å². The summed E-state index contributed by atoms with van der Waals surface area (Å²) in [6, 6.07) is 5.65. The Labute approximate surface area is 119 Å². The summed E-state index contributed by atoms with van der Waals surface area (Å²) in [5.41, 5.74) is 2.27. The number of carbonyl (C=O) groups is 2. The molecule has 0 atom stereocenters. The number of carbonyl (C=O) groups excluding carboxylic acids is 2. The molecule has 0 spiro atoms. The average molecular weight is 272 g/mol. The van der Waals surface area contributed by atoms with Gasteiger partial charge >= 0.3 is 0 Å². The van der Waals surface area contributed by atoms with E-state index in [-0.39, 0.29) is 0 Å². The van der Waals surface area contributed by atoms with Crippen LogP contribution < -0.4 is 10.2 Å². The van der Waals surface area contributed by atoms with Gasteiger partial charge in [0.25, 0.3) is 11.7 Å². The fourth-order valence-electron chi connectivity index (χ4n) is 3.22. The van der Waals surface area contributed by atoms with Gasteiger partial charge in [0, 0.05) is 18.8 Å². The number of benzene rings is 1. The van der Waals surface area contributed by atoms with Crippen molar-refractivity contribution in [1.82, 2.24) is 0 Å². The Bertz CT molecular complexity index is 545. The van der Waals surface area contributed by atoms with Gasteiger partial charge in [-0.05, 0) is 37.0 Å². The number of nitrogens with one attached hydrogen (secondary N) is 1. The molecule has 0 saturated carbocycles. The van der Waals surface area contributed by atoms with Crippen molar-refractivity contribution in [3.63, 3.8) is 0 Å². The lowest BCUT2D eigenvalue weighted by Crippen LogP contribution is -2.33. The van der Waals surface area contributed by atoms with Gasteiger partial charge in [-0.1, -0.05) is 19.8 Å². The molecule has 1 amide bonds. The van der Waals surface area contributed by atoms with Crippen molar-refractivity contribution < 1.29 is 9.59 Å². The van der Waals surface area contributed by atoms with E-state index in [1.807, 2.05) is 12.1 Å². The molecule has 1 saturated heterocycles. The second-order valence-electron chi connectivity index (χ2n) is 5.73. The van der Waals surface area contributed by atoms with E-state index in [1.165, 1.54) is 25.7 Å². The predicted octanol–water partition coefficient (Wildman–Crippen LogP) is 2.84. The van der Waals surface area contributed by atoms with E-state index in [2.05, 4.69) is 17.1 Å². The molecule has 0 aromatic heterocycles. The topological polar surface area (TPSA) is 49.4 Å². The molecular weight excluding hydrogens is 252 g/mol. The van der Waals surface area contributed by atoms with Gasteiger partial charge < -0.3 is 10.2 Å². The van der Waals surface area contributed by atoms with Crippen LogP contribution in [0.1, 0.15) is 43.0 Å².